The molecule has 116 valence electrons. The highest BCUT2D eigenvalue weighted by Crippen LogP contribution is 2.23. The molecule has 1 atom stereocenters. The average molecular weight is 336 g/mol. The summed E-state index contributed by atoms with van der Waals surface area (Å²) in [5, 5.41) is 3.63. The molecular formula is C17H18ClNO2S. The first-order chi connectivity index (χ1) is 10.6. The molecule has 0 aromatic heterocycles. The Morgan fingerprint density at radius 2 is 1.91 bits per heavy atom. The van der Waals surface area contributed by atoms with Crippen molar-refractivity contribution in [3.05, 3.63) is 59.1 Å². The summed E-state index contributed by atoms with van der Waals surface area (Å²) in [6.07, 6.45) is 0. The number of methoxy groups -OCH3 is 1. The molecule has 0 radical (unpaired) electrons. The van der Waals surface area contributed by atoms with Gasteiger partial charge in [0.25, 0.3) is 0 Å². The molecule has 1 unspecified atom stereocenters. The molecule has 0 aliphatic heterocycles. The Bertz CT molecular complexity index is 631. The van der Waals surface area contributed by atoms with Crippen molar-refractivity contribution >= 4 is 29.3 Å². The van der Waals surface area contributed by atoms with Gasteiger partial charge in [-0.2, -0.15) is 0 Å². The van der Waals surface area contributed by atoms with E-state index in [1.807, 2.05) is 55.5 Å². The van der Waals surface area contributed by atoms with Crippen LogP contribution in [0.1, 0.15) is 18.5 Å². The van der Waals surface area contributed by atoms with E-state index >= 15 is 0 Å². The molecular weight excluding hydrogens is 318 g/mol. The van der Waals surface area contributed by atoms with Gasteiger partial charge in [-0.1, -0.05) is 29.8 Å². The van der Waals surface area contributed by atoms with E-state index < -0.39 is 0 Å². The van der Waals surface area contributed by atoms with Crippen LogP contribution >= 0.6 is 23.4 Å². The van der Waals surface area contributed by atoms with Gasteiger partial charge < -0.3 is 10.1 Å². The molecule has 0 fully saturated rings. The van der Waals surface area contributed by atoms with E-state index in [9.17, 15) is 4.79 Å². The molecule has 0 heterocycles. The third-order valence-corrected chi connectivity index (χ3v) is 4.53. The Kier molecular flexibility index (Phi) is 6.16. The van der Waals surface area contributed by atoms with Crippen molar-refractivity contribution in [2.45, 2.75) is 17.9 Å². The molecule has 5 heteroatoms. The third kappa shape index (κ3) is 4.68. The Hall–Kier alpha value is -1.65. The maximum atomic E-state index is 12.0. The third-order valence-electron chi connectivity index (χ3n) is 3.18. The number of halogens is 1. The number of rotatable bonds is 6. The van der Waals surface area contributed by atoms with Gasteiger partial charge in [0, 0.05) is 9.92 Å². The molecule has 2 aromatic rings. The molecule has 1 N–H and O–H groups in total. The molecule has 0 saturated heterocycles. The number of thioether (sulfide) groups is 1. The summed E-state index contributed by atoms with van der Waals surface area (Å²) in [6.45, 7) is 1.93. The lowest BCUT2D eigenvalue weighted by Gasteiger charge is -2.15. The maximum Gasteiger partial charge on any atom is 0.230 e. The van der Waals surface area contributed by atoms with Gasteiger partial charge in [-0.05, 0) is 42.8 Å². The van der Waals surface area contributed by atoms with E-state index in [0.717, 1.165) is 16.2 Å². The number of nitrogens with one attached hydrogen (secondary N) is 1. The maximum absolute atomic E-state index is 12.0. The highest BCUT2D eigenvalue weighted by atomic mass is 35.5. The fourth-order valence-corrected chi connectivity index (χ4v) is 3.02. The van der Waals surface area contributed by atoms with E-state index in [1.165, 1.54) is 11.8 Å². The fourth-order valence-electron chi connectivity index (χ4n) is 2.01. The van der Waals surface area contributed by atoms with Crippen molar-refractivity contribution in [2.24, 2.45) is 0 Å². The first-order valence-electron chi connectivity index (χ1n) is 6.91. The fraction of sp³-hybridized carbons (Fsp3) is 0.235. The summed E-state index contributed by atoms with van der Waals surface area (Å²) in [4.78, 5) is 13.1. The van der Waals surface area contributed by atoms with Crippen LogP contribution in [0, 0.1) is 0 Å². The van der Waals surface area contributed by atoms with Crippen LogP contribution in [0.25, 0.3) is 0 Å². The van der Waals surface area contributed by atoms with Crippen molar-refractivity contribution in [1.82, 2.24) is 5.32 Å². The van der Waals surface area contributed by atoms with Crippen LogP contribution < -0.4 is 10.1 Å². The molecule has 0 aliphatic rings. The molecule has 3 nitrogen and oxygen atoms in total. The minimum Gasteiger partial charge on any atom is -0.497 e. The Balaban J connectivity index is 1.86. The number of ether oxygens (including phenoxy) is 1. The normalized spacial score (nSPS) is 11.8. The standard InChI is InChI=1S/C17H18ClNO2S/c1-12(15-5-3-4-6-16(15)18)19-17(20)11-22-14-9-7-13(21-2)8-10-14/h3-10,12H,11H2,1-2H3,(H,19,20). The van der Waals surface area contributed by atoms with Gasteiger partial charge >= 0.3 is 0 Å². The van der Waals surface area contributed by atoms with Gasteiger partial charge in [0.1, 0.15) is 5.75 Å². The summed E-state index contributed by atoms with van der Waals surface area (Å²) in [6, 6.07) is 15.1. The molecule has 22 heavy (non-hydrogen) atoms. The summed E-state index contributed by atoms with van der Waals surface area (Å²) in [7, 11) is 1.63. The summed E-state index contributed by atoms with van der Waals surface area (Å²) >= 11 is 7.62. The number of benzene rings is 2. The summed E-state index contributed by atoms with van der Waals surface area (Å²) < 4.78 is 5.11. The number of hydrogen-bond acceptors (Lipinski definition) is 3. The quantitative estimate of drug-likeness (QED) is 0.799. The van der Waals surface area contributed by atoms with Crippen molar-refractivity contribution in [1.29, 1.82) is 0 Å². The lowest BCUT2D eigenvalue weighted by atomic mass is 10.1. The summed E-state index contributed by atoms with van der Waals surface area (Å²) in [5.41, 5.74) is 0.923. The van der Waals surface area contributed by atoms with Gasteiger partial charge in [0.15, 0.2) is 0 Å². The van der Waals surface area contributed by atoms with E-state index in [2.05, 4.69) is 5.32 Å². The zero-order valence-corrected chi connectivity index (χ0v) is 14.1. The molecule has 2 rings (SSSR count). The zero-order chi connectivity index (χ0) is 15.9. The highest BCUT2D eigenvalue weighted by Gasteiger charge is 2.12. The minimum absolute atomic E-state index is 0.0202. The van der Waals surface area contributed by atoms with E-state index in [1.54, 1.807) is 7.11 Å². The van der Waals surface area contributed by atoms with Crippen molar-refractivity contribution in [3.8, 4) is 5.75 Å². The molecule has 2 aromatic carbocycles. The topological polar surface area (TPSA) is 38.3 Å². The molecule has 0 bridgehead atoms. The van der Waals surface area contributed by atoms with Crippen molar-refractivity contribution in [2.75, 3.05) is 12.9 Å². The first kappa shape index (κ1) is 16.7. The van der Waals surface area contributed by atoms with Crippen molar-refractivity contribution < 1.29 is 9.53 Å². The second kappa shape index (κ2) is 8.11. The number of carbonyl (C=O) groups excluding carboxylic acids is 1. The predicted octanol–water partition coefficient (Wildman–Crippen LogP) is 4.32. The lowest BCUT2D eigenvalue weighted by molar-refractivity contribution is -0.119. The minimum atomic E-state index is -0.113. The number of hydrogen-bond donors (Lipinski definition) is 1. The molecule has 0 saturated carbocycles. The number of carbonyl (C=O) groups is 1. The van der Waals surface area contributed by atoms with Gasteiger partial charge in [-0.3, -0.25) is 4.79 Å². The van der Waals surface area contributed by atoms with Crippen LogP contribution in [-0.4, -0.2) is 18.8 Å². The Morgan fingerprint density at radius 1 is 1.23 bits per heavy atom. The average Bonchev–Trinajstić information content (AvgIpc) is 2.53. The Morgan fingerprint density at radius 3 is 2.55 bits per heavy atom. The van der Waals surface area contributed by atoms with Gasteiger partial charge in [0.2, 0.25) is 5.91 Å². The van der Waals surface area contributed by atoms with Crippen LogP contribution in [0.3, 0.4) is 0 Å². The zero-order valence-electron chi connectivity index (χ0n) is 12.5. The lowest BCUT2D eigenvalue weighted by Crippen LogP contribution is -2.28. The summed E-state index contributed by atoms with van der Waals surface area (Å²) in [5.74, 6) is 1.15. The van der Waals surface area contributed by atoms with Gasteiger partial charge in [-0.15, -0.1) is 11.8 Å². The Labute approximate surface area is 140 Å². The van der Waals surface area contributed by atoms with E-state index in [4.69, 9.17) is 16.3 Å². The molecule has 1 amide bonds. The monoisotopic (exact) mass is 335 g/mol. The molecule has 0 aliphatic carbocycles. The smallest absolute Gasteiger partial charge is 0.230 e. The van der Waals surface area contributed by atoms with Gasteiger partial charge in [0.05, 0.1) is 18.9 Å². The number of amides is 1. The van der Waals surface area contributed by atoms with Crippen LogP contribution in [-0.2, 0) is 4.79 Å². The van der Waals surface area contributed by atoms with Crippen LogP contribution in [0.2, 0.25) is 5.02 Å². The predicted molar refractivity (Wildman–Crippen MR) is 91.7 cm³/mol. The largest absolute Gasteiger partial charge is 0.497 e. The SMILES string of the molecule is COc1ccc(SCC(=O)NC(C)c2ccccc2Cl)cc1. The second-order valence-corrected chi connectivity index (χ2v) is 6.23. The molecule has 0 spiro atoms. The van der Waals surface area contributed by atoms with E-state index in [-0.39, 0.29) is 11.9 Å². The van der Waals surface area contributed by atoms with Gasteiger partial charge in [-0.25, -0.2) is 0 Å². The first-order valence-corrected chi connectivity index (χ1v) is 8.27. The van der Waals surface area contributed by atoms with Crippen LogP contribution in [0.5, 0.6) is 5.75 Å². The van der Waals surface area contributed by atoms with Crippen LogP contribution in [0.4, 0.5) is 0 Å². The van der Waals surface area contributed by atoms with Crippen molar-refractivity contribution in [3.63, 3.8) is 0 Å². The highest BCUT2D eigenvalue weighted by molar-refractivity contribution is 8.00. The van der Waals surface area contributed by atoms with E-state index in [0.29, 0.717) is 10.8 Å². The second-order valence-electron chi connectivity index (χ2n) is 4.77. The van der Waals surface area contributed by atoms with Crippen LogP contribution in [0.15, 0.2) is 53.4 Å².